The summed E-state index contributed by atoms with van der Waals surface area (Å²) in [5.41, 5.74) is 1.36. The molecule has 1 fully saturated rings. The summed E-state index contributed by atoms with van der Waals surface area (Å²) in [6.07, 6.45) is 0.282. The number of rotatable bonds is 3. The fourth-order valence-electron chi connectivity index (χ4n) is 3.04. The van der Waals surface area contributed by atoms with Gasteiger partial charge in [-0.3, -0.25) is 9.48 Å². The minimum absolute atomic E-state index is 0.0755. The molecule has 0 radical (unpaired) electrons. The van der Waals surface area contributed by atoms with Crippen molar-refractivity contribution in [2.24, 2.45) is 7.05 Å². The number of hydrogen-bond donors (Lipinski definition) is 2. The molecule has 0 saturated carbocycles. The van der Waals surface area contributed by atoms with E-state index in [0.717, 1.165) is 29.7 Å². The van der Waals surface area contributed by atoms with Gasteiger partial charge in [0.05, 0.1) is 23.4 Å². The molecule has 2 aromatic rings. The van der Waals surface area contributed by atoms with Gasteiger partial charge < -0.3 is 15.4 Å². The first-order chi connectivity index (χ1) is 11.0. The molecule has 1 atom stereocenters. The maximum atomic E-state index is 12.6. The van der Waals surface area contributed by atoms with Crippen LogP contribution in [-0.2, 0) is 22.1 Å². The van der Waals surface area contributed by atoms with Crippen LogP contribution in [0.15, 0.2) is 24.3 Å². The Kier molecular flexibility index (Phi) is 4.37. The minimum Gasteiger partial charge on any atom is -0.367 e. The Morgan fingerprint density at radius 1 is 1.39 bits per heavy atom. The van der Waals surface area contributed by atoms with E-state index in [4.69, 9.17) is 4.74 Å². The summed E-state index contributed by atoms with van der Waals surface area (Å²) < 4.78 is 7.49. The summed E-state index contributed by atoms with van der Waals surface area (Å²) in [6.45, 7) is 6.11. The van der Waals surface area contributed by atoms with Gasteiger partial charge in [-0.05, 0) is 32.9 Å². The van der Waals surface area contributed by atoms with Crippen molar-refractivity contribution in [3.8, 4) is 0 Å². The van der Waals surface area contributed by atoms with Gasteiger partial charge in [-0.15, -0.1) is 0 Å². The molecule has 0 bridgehead atoms. The summed E-state index contributed by atoms with van der Waals surface area (Å²) in [5, 5.41) is 12.0. The van der Waals surface area contributed by atoms with Crippen LogP contribution in [0.2, 0.25) is 0 Å². The molecule has 0 aliphatic carbocycles. The molecule has 124 valence electrons. The number of aryl methyl sites for hydroxylation is 1. The third kappa shape index (κ3) is 3.23. The number of nitrogens with one attached hydrogen (secondary N) is 2. The van der Waals surface area contributed by atoms with Crippen LogP contribution >= 0.6 is 0 Å². The van der Waals surface area contributed by atoms with E-state index < -0.39 is 11.6 Å². The van der Waals surface area contributed by atoms with Crippen molar-refractivity contribution in [2.45, 2.75) is 31.9 Å². The first-order valence-electron chi connectivity index (χ1n) is 8.05. The number of benzene rings is 1. The van der Waals surface area contributed by atoms with Gasteiger partial charge >= 0.3 is 0 Å². The van der Waals surface area contributed by atoms with Crippen LogP contribution in [0.5, 0.6) is 0 Å². The Bertz CT molecular complexity index is 700. The van der Waals surface area contributed by atoms with Crippen molar-refractivity contribution in [1.82, 2.24) is 20.4 Å². The molecule has 1 unspecified atom stereocenters. The van der Waals surface area contributed by atoms with Crippen LogP contribution in [-0.4, -0.2) is 41.5 Å². The number of hydrogen-bond acceptors (Lipinski definition) is 4. The molecule has 2 heterocycles. The average Bonchev–Trinajstić information content (AvgIpc) is 2.72. The predicted molar refractivity (Wildman–Crippen MR) is 89.1 cm³/mol. The smallest absolute Gasteiger partial charge is 0.249 e. The Balaban J connectivity index is 1.84. The Labute approximate surface area is 136 Å². The number of amides is 1. The lowest BCUT2D eigenvalue weighted by Gasteiger charge is -2.27. The molecule has 1 aliphatic rings. The molecule has 6 heteroatoms. The molecule has 1 aromatic heterocycles. The number of carbonyl (C=O) groups excluding carboxylic acids is 1. The average molecular weight is 316 g/mol. The zero-order chi connectivity index (χ0) is 16.4. The number of para-hydroxylation sites is 1. The standard InChI is InChI=1S/C17H24N4O2/c1-17(2,19-16(22)14-8-9-18-10-11-23-14)15-12-6-4-5-7-13(12)21(3)20-15/h4-7,14,18H,8-11H2,1-3H3,(H,19,22). The zero-order valence-electron chi connectivity index (χ0n) is 13.9. The highest BCUT2D eigenvalue weighted by atomic mass is 16.5. The van der Waals surface area contributed by atoms with E-state index in [-0.39, 0.29) is 5.91 Å². The summed E-state index contributed by atoms with van der Waals surface area (Å²) in [4.78, 5) is 12.6. The number of nitrogens with zero attached hydrogens (tertiary/aromatic N) is 2. The molecule has 1 aromatic carbocycles. The zero-order valence-corrected chi connectivity index (χ0v) is 13.9. The lowest BCUT2D eigenvalue weighted by molar-refractivity contribution is -0.134. The number of ether oxygens (including phenoxy) is 1. The quantitative estimate of drug-likeness (QED) is 0.896. The topological polar surface area (TPSA) is 68.2 Å². The van der Waals surface area contributed by atoms with Gasteiger partial charge in [-0.2, -0.15) is 5.10 Å². The fraction of sp³-hybridized carbons (Fsp3) is 0.529. The molecule has 23 heavy (non-hydrogen) atoms. The fourth-order valence-corrected chi connectivity index (χ4v) is 3.04. The summed E-state index contributed by atoms with van der Waals surface area (Å²) >= 11 is 0. The first kappa shape index (κ1) is 16.0. The second kappa shape index (κ2) is 6.29. The first-order valence-corrected chi connectivity index (χ1v) is 8.05. The van der Waals surface area contributed by atoms with Crippen molar-refractivity contribution in [2.75, 3.05) is 19.7 Å². The van der Waals surface area contributed by atoms with Gasteiger partial charge in [0.15, 0.2) is 0 Å². The molecule has 1 saturated heterocycles. The molecule has 2 N–H and O–H groups in total. The van der Waals surface area contributed by atoms with Gasteiger partial charge in [0.1, 0.15) is 6.10 Å². The number of carbonyl (C=O) groups is 1. The van der Waals surface area contributed by atoms with Gasteiger partial charge in [-0.1, -0.05) is 18.2 Å². The van der Waals surface area contributed by atoms with Crippen LogP contribution in [0.3, 0.4) is 0 Å². The molecule has 0 spiro atoms. The molecular weight excluding hydrogens is 292 g/mol. The molecule has 6 nitrogen and oxygen atoms in total. The van der Waals surface area contributed by atoms with Crippen LogP contribution in [0.1, 0.15) is 26.0 Å². The maximum absolute atomic E-state index is 12.6. The van der Waals surface area contributed by atoms with Crippen molar-refractivity contribution in [3.05, 3.63) is 30.0 Å². The molecular formula is C17H24N4O2. The Hall–Kier alpha value is -1.92. The normalized spacial score (nSPS) is 19.5. The SMILES string of the molecule is Cn1nc(C(C)(C)NC(=O)C2CCNCCO2)c2ccccc21. The lowest BCUT2D eigenvalue weighted by Crippen LogP contribution is -2.47. The number of aromatic nitrogens is 2. The molecule has 1 amide bonds. The van der Waals surface area contributed by atoms with Crippen molar-refractivity contribution >= 4 is 16.8 Å². The monoisotopic (exact) mass is 316 g/mol. The van der Waals surface area contributed by atoms with Crippen molar-refractivity contribution in [1.29, 1.82) is 0 Å². The highest BCUT2D eigenvalue weighted by Crippen LogP contribution is 2.27. The second-order valence-corrected chi connectivity index (χ2v) is 6.50. The lowest BCUT2D eigenvalue weighted by atomic mass is 9.96. The van der Waals surface area contributed by atoms with Crippen LogP contribution in [0.4, 0.5) is 0 Å². The van der Waals surface area contributed by atoms with E-state index in [1.54, 1.807) is 0 Å². The van der Waals surface area contributed by atoms with Crippen molar-refractivity contribution in [3.63, 3.8) is 0 Å². The summed E-state index contributed by atoms with van der Waals surface area (Å²) in [5.74, 6) is -0.0755. The largest absolute Gasteiger partial charge is 0.367 e. The van der Waals surface area contributed by atoms with Gasteiger partial charge in [-0.25, -0.2) is 0 Å². The Morgan fingerprint density at radius 3 is 3.00 bits per heavy atom. The van der Waals surface area contributed by atoms with E-state index in [0.29, 0.717) is 13.0 Å². The van der Waals surface area contributed by atoms with E-state index >= 15 is 0 Å². The second-order valence-electron chi connectivity index (χ2n) is 6.50. The van der Waals surface area contributed by atoms with Crippen LogP contribution in [0.25, 0.3) is 10.9 Å². The maximum Gasteiger partial charge on any atom is 0.249 e. The minimum atomic E-state index is -0.568. The third-order valence-corrected chi connectivity index (χ3v) is 4.26. The third-order valence-electron chi connectivity index (χ3n) is 4.26. The van der Waals surface area contributed by atoms with Gasteiger partial charge in [0.2, 0.25) is 5.91 Å². The number of fused-ring (bicyclic) bond motifs is 1. The molecule has 3 rings (SSSR count). The van der Waals surface area contributed by atoms with E-state index in [2.05, 4.69) is 15.7 Å². The van der Waals surface area contributed by atoms with E-state index in [1.165, 1.54) is 0 Å². The Morgan fingerprint density at radius 2 is 2.17 bits per heavy atom. The van der Waals surface area contributed by atoms with E-state index in [9.17, 15) is 4.79 Å². The van der Waals surface area contributed by atoms with Crippen LogP contribution in [0, 0.1) is 0 Å². The van der Waals surface area contributed by atoms with Crippen LogP contribution < -0.4 is 10.6 Å². The summed E-state index contributed by atoms with van der Waals surface area (Å²) in [6, 6.07) is 8.05. The predicted octanol–water partition coefficient (Wildman–Crippen LogP) is 1.30. The van der Waals surface area contributed by atoms with Crippen molar-refractivity contribution < 1.29 is 9.53 Å². The van der Waals surface area contributed by atoms with E-state index in [1.807, 2.05) is 49.8 Å². The van der Waals surface area contributed by atoms with Gasteiger partial charge in [0, 0.05) is 19.0 Å². The van der Waals surface area contributed by atoms with Gasteiger partial charge in [0.25, 0.3) is 0 Å². The molecule has 1 aliphatic heterocycles. The highest BCUT2D eigenvalue weighted by molar-refractivity contribution is 5.85. The highest BCUT2D eigenvalue weighted by Gasteiger charge is 2.31. The summed E-state index contributed by atoms with van der Waals surface area (Å²) in [7, 11) is 1.92.